The van der Waals surface area contributed by atoms with Crippen molar-refractivity contribution < 1.29 is 5.21 Å². The standard InChI is InChI=1S/C15H33N3O/c1-4-5-6-7-8-9-10-11-12-18(14(2)3)13-15(16)17-19/h14,19H,4-13H2,1-3H3,(H2,16,17). The maximum Gasteiger partial charge on any atom is 0.153 e. The van der Waals surface area contributed by atoms with Crippen LogP contribution in [0.15, 0.2) is 5.16 Å². The summed E-state index contributed by atoms with van der Waals surface area (Å²) in [6, 6.07) is 0.435. The lowest BCUT2D eigenvalue weighted by molar-refractivity contribution is 0.241. The van der Waals surface area contributed by atoms with Gasteiger partial charge in [0.15, 0.2) is 5.84 Å². The molecule has 0 aromatic carbocycles. The van der Waals surface area contributed by atoms with Crippen molar-refractivity contribution in [3.05, 3.63) is 0 Å². The first-order chi connectivity index (χ1) is 9.11. The Hall–Kier alpha value is -0.770. The Balaban J connectivity index is 3.59. The number of rotatable bonds is 12. The van der Waals surface area contributed by atoms with Gasteiger partial charge in [0.2, 0.25) is 0 Å². The quantitative estimate of drug-likeness (QED) is 0.187. The average Bonchev–Trinajstić information content (AvgIpc) is 2.39. The predicted molar refractivity (Wildman–Crippen MR) is 82.7 cm³/mol. The highest BCUT2D eigenvalue weighted by Gasteiger charge is 2.10. The molecule has 0 aliphatic heterocycles. The highest BCUT2D eigenvalue weighted by Crippen LogP contribution is 2.09. The molecule has 0 spiro atoms. The minimum absolute atomic E-state index is 0.299. The molecule has 0 bridgehead atoms. The topological polar surface area (TPSA) is 61.8 Å². The molecule has 0 heterocycles. The first kappa shape index (κ1) is 18.2. The van der Waals surface area contributed by atoms with Gasteiger partial charge in [0, 0.05) is 6.04 Å². The number of hydrogen-bond donors (Lipinski definition) is 2. The van der Waals surface area contributed by atoms with Crippen molar-refractivity contribution in [1.82, 2.24) is 4.90 Å². The molecule has 114 valence electrons. The van der Waals surface area contributed by atoms with Gasteiger partial charge in [-0.2, -0.15) is 0 Å². The zero-order valence-corrected chi connectivity index (χ0v) is 13.1. The Kier molecular flexibility index (Phi) is 11.8. The average molecular weight is 271 g/mol. The molecular formula is C15H33N3O. The molecule has 0 saturated heterocycles. The van der Waals surface area contributed by atoms with Gasteiger partial charge in [-0.3, -0.25) is 4.90 Å². The number of oxime groups is 1. The van der Waals surface area contributed by atoms with Crippen molar-refractivity contribution in [1.29, 1.82) is 0 Å². The first-order valence-electron chi connectivity index (χ1n) is 7.82. The lowest BCUT2D eigenvalue weighted by Gasteiger charge is -2.25. The number of hydrogen-bond acceptors (Lipinski definition) is 3. The molecule has 0 aromatic heterocycles. The van der Waals surface area contributed by atoms with Crippen LogP contribution in [0.1, 0.15) is 72.1 Å². The van der Waals surface area contributed by atoms with Gasteiger partial charge >= 0.3 is 0 Å². The third-order valence-corrected chi connectivity index (χ3v) is 3.52. The fourth-order valence-corrected chi connectivity index (χ4v) is 2.21. The van der Waals surface area contributed by atoms with E-state index in [1.54, 1.807) is 0 Å². The minimum Gasteiger partial charge on any atom is -0.409 e. The molecule has 4 nitrogen and oxygen atoms in total. The minimum atomic E-state index is 0.299. The van der Waals surface area contributed by atoms with Crippen LogP contribution in [-0.4, -0.2) is 35.1 Å². The van der Waals surface area contributed by atoms with E-state index in [1.807, 2.05) is 0 Å². The second-order valence-electron chi connectivity index (χ2n) is 5.63. The largest absolute Gasteiger partial charge is 0.409 e. The molecule has 4 heteroatoms. The fourth-order valence-electron chi connectivity index (χ4n) is 2.21. The van der Waals surface area contributed by atoms with Crippen molar-refractivity contribution in [2.75, 3.05) is 13.1 Å². The van der Waals surface area contributed by atoms with Gasteiger partial charge in [0.1, 0.15) is 0 Å². The number of amidine groups is 1. The Morgan fingerprint density at radius 2 is 1.58 bits per heavy atom. The van der Waals surface area contributed by atoms with E-state index in [9.17, 15) is 0 Å². The van der Waals surface area contributed by atoms with E-state index in [2.05, 4.69) is 30.8 Å². The molecule has 0 aromatic rings. The summed E-state index contributed by atoms with van der Waals surface area (Å²) in [6.07, 6.45) is 10.6. The van der Waals surface area contributed by atoms with Crippen molar-refractivity contribution >= 4 is 5.84 Å². The SMILES string of the molecule is CCCCCCCCCCN(CC(N)=NO)C(C)C. The van der Waals surface area contributed by atoms with E-state index in [1.165, 1.54) is 51.4 Å². The van der Waals surface area contributed by atoms with Crippen molar-refractivity contribution in [3.8, 4) is 0 Å². The molecule has 0 saturated carbocycles. The number of nitrogens with two attached hydrogens (primary N) is 1. The lowest BCUT2D eigenvalue weighted by Crippen LogP contribution is -2.39. The molecule has 0 aliphatic rings. The van der Waals surface area contributed by atoms with Crippen molar-refractivity contribution in [2.45, 2.75) is 78.2 Å². The summed E-state index contributed by atoms with van der Waals surface area (Å²) in [5.41, 5.74) is 5.57. The van der Waals surface area contributed by atoms with Crippen molar-refractivity contribution in [3.63, 3.8) is 0 Å². The summed E-state index contributed by atoms with van der Waals surface area (Å²) in [5.74, 6) is 0.299. The molecule has 0 rings (SSSR count). The Morgan fingerprint density at radius 1 is 1.05 bits per heavy atom. The van der Waals surface area contributed by atoms with E-state index in [4.69, 9.17) is 10.9 Å². The molecule has 0 atom stereocenters. The zero-order chi connectivity index (χ0) is 14.5. The van der Waals surface area contributed by atoms with E-state index in [-0.39, 0.29) is 0 Å². The van der Waals surface area contributed by atoms with Gasteiger partial charge in [-0.05, 0) is 26.8 Å². The molecular weight excluding hydrogens is 238 g/mol. The van der Waals surface area contributed by atoms with E-state index < -0.39 is 0 Å². The normalized spacial score (nSPS) is 12.6. The molecule has 0 amide bonds. The molecule has 19 heavy (non-hydrogen) atoms. The van der Waals surface area contributed by atoms with Crippen molar-refractivity contribution in [2.24, 2.45) is 10.9 Å². The lowest BCUT2D eigenvalue weighted by atomic mass is 10.1. The van der Waals surface area contributed by atoms with Crippen LogP contribution in [0, 0.1) is 0 Å². The van der Waals surface area contributed by atoms with Crippen LogP contribution in [-0.2, 0) is 0 Å². The second kappa shape index (κ2) is 12.3. The summed E-state index contributed by atoms with van der Waals surface area (Å²) >= 11 is 0. The fraction of sp³-hybridized carbons (Fsp3) is 0.933. The van der Waals surface area contributed by atoms with Crippen LogP contribution < -0.4 is 5.73 Å². The summed E-state index contributed by atoms with van der Waals surface area (Å²) in [7, 11) is 0. The molecule has 0 unspecified atom stereocenters. The zero-order valence-electron chi connectivity index (χ0n) is 13.1. The monoisotopic (exact) mass is 271 g/mol. The second-order valence-corrected chi connectivity index (χ2v) is 5.63. The van der Waals surface area contributed by atoms with Crippen LogP contribution in [0.5, 0.6) is 0 Å². The van der Waals surface area contributed by atoms with Gasteiger partial charge in [-0.1, -0.05) is 57.0 Å². The molecule has 0 aliphatic carbocycles. The van der Waals surface area contributed by atoms with E-state index >= 15 is 0 Å². The van der Waals surface area contributed by atoms with E-state index in [0.29, 0.717) is 18.4 Å². The number of nitrogens with zero attached hydrogens (tertiary/aromatic N) is 2. The Morgan fingerprint density at radius 3 is 2.05 bits per heavy atom. The molecule has 0 fully saturated rings. The third-order valence-electron chi connectivity index (χ3n) is 3.52. The highest BCUT2D eigenvalue weighted by atomic mass is 16.4. The summed E-state index contributed by atoms with van der Waals surface area (Å²) < 4.78 is 0. The smallest absolute Gasteiger partial charge is 0.153 e. The first-order valence-corrected chi connectivity index (χ1v) is 7.82. The maximum absolute atomic E-state index is 8.61. The summed E-state index contributed by atoms with van der Waals surface area (Å²) in [6.45, 7) is 8.14. The Bertz CT molecular complexity index is 229. The Labute approximate surface area is 119 Å². The van der Waals surface area contributed by atoms with E-state index in [0.717, 1.165) is 6.54 Å². The maximum atomic E-state index is 8.61. The van der Waals surface area contributed by atoms with Crippen LogP contribution in [0.3, 0.4) is 0 Å². The van der Waals surface area contributed by atoms with Gasteiger partial charge in [0.25, 0.3) is 0 Å². The third kappa shape index (κ3) is 10.8. The van der Waals surface area contributed by atoms with Gasteiger partial charge in [-0.15, -0.1) is 0 Å². The predicted octanol–water partition coefficient (Wildman–Crippen LogP) is 3.58. The summed E-state index contributed by atoms with van der Waals surface area (Å²) in [5, 5.41) is 11.7. The number of unbranched alkanes of at least 4 members (excludes halogenated alkanes) is 7. The highest BCUT2D eigenvalue weighted by molar-refractivity contribution is 5.81. The van der Waals surface area contributed by atoms with Gasteiger partial charge in [-0.25, -0.2) is 0 Å². The van der Waals surface area contributed by atoms with Gasteiger partial charge < -0.3 is 10.9 Å². The van der Waals surface area contributed by atoms with Crippen LogP contribution in [0.4, 0.5) is 0 Å². The molecule has 3 N–H and O–H groups in total. The van der Waals surface area contributed by atoms with Crippen LogP contribution >= 0.6 is 0 Å². The van der Waals surface area contributed by atoms with Gasteiger partial charge in [0.05, 0.1) is 6.54 Å². The van der Waals surface area contributed by atoms with Crippen LogP contribution in [0.2, 0.25) is 0 Å². The summed E-state index contributed by atoms with van der Waals surface area (Å²) in [4.78, 5) is 2.26. The van der Waals surface area contributed by atoms with Crippen LogP contribution in [0.25, 0.3) is 0 Å². The molecule has 0 radical (unpaired) electrons.